The van der Waals surface area contributed by atoms with Crippen molar-refractivity contribution < 1.29 is 0 Å². The monoisotopic (exact) mass is 196 g/mol. The molecule has 0 amide bonds. The van der Waals surface area contributed by atoms with Crippen LogP contribution in [0.25, 0.3) is 0 Å². The summed E-state index contributed by atoms with van der Waals surface area (Å²) in [5, 5.41) is 3.49. The lowest BCUT2D eigenvalue weighted by Gasteiger charge is -2.42. The molecule has 2 nitrogen and oxygen atoms in total. The summed E-state index contributed by atoms with van der Waals surface area (Å²) in [6.45, 7) is 4.80. The fraction of sp³-hybridized carbons (Fsp3) is 1.00. The minimum Gasteiger partial charge on any atom is -0.315 e. The molecule has 0 aromatic rings. The molecule has 0 aromatic carbocycles. The molecule has 1 heterocycles. The molecule has 2 aliphatic rings. The summed E-state index contributed by atoms with van der Waals surface area (Å²) in [5.74, 6) is 0. The Bertz CT molecular complexity index is 179. The van der Waals surface area contributed by atoms with Gasteiger partial charge in [-0.3, -0.25) is 4.90 Å². The van der Waals surface area contributed by atoms with Crippen molar-refractivity contribution >= 4 is 0 Å². The third-order valence-electron chi connectivity index (χ3n) is 4.32. The molecule has 1 aliphatic carbocycles. The van der Waals surface area contributed by atoms with E-state index in [1.807, 2.05) is 0 Å². The SMILES string of the molecule is CN(C1CCCCC1)C1(C)CCNC1. The molecule has 1 atom stereocenters. The second kappa shape index (κ2) is 4.19. The average molecular weight is 196 g/mol. The Kier molecular flexibility index (Phi) is 3.13. The molecule has 1 saturated carbocycles. The standard InChI is InChI=1S/C12H24N2/c1-12(8-9-13-10-12)14(2)11-6-4-3-5-7-11/h11,13H,3-10H2,1-2H3. The Hall–Kier alpha value is -0.0800. The molecular weight excluding hydrogens is 172 g/mol. The van der Waals surface area contributed by atoms with Crippen molar-refractivity contribution in [1.29, 1.82) is 0 Å². The van der Waals surface area contributed by atoms with E-state index < -0.39 is 0 Å². The highest BCUT2D eigenvalue weighted by Gasteiger charge is 2.36. The minimum atomic E-state index is 0.433. The van der Waals surface area contributed by atoms with E-state index in [0.29, 0.717) is 5.54 Å². The van der Waals surface area contributed by atoms with Gasteiger partial charge in [-0.2, -0.15) is 0 Å². The van der Waals surface area contributed by atoms with Crippen LogP contribution in [0, 0.1) is 0 Å². The van der Waals surface area contributed by atoms with Crippen molar-refractivity contribution in [3.63, 3.8) is 0 Å². The zero-order valence-electron chi connectivity index (χ0n) is 9.68. The van der Waals surface area contributed by atoms with E-state index in [1.54, 1.807) is 0 Å². The third kappa shape index (κ3) is 1.96. The van der Waals surface area contributed by atoms with Crippen LogP contribution in [0.15, 0.2) is 0 Å². The lowest BCUT2D eigenvalue weighted by Crippen LogP contribution is -2.51. The van der Waals surface area contributed by atoms with Crippen molar-refractivity contribution in [2.45, 2.75) is 57.0 Å². The van der Waals surface area contributed by atoms with E-state index in [2.05, 4.69) is 24.2 Å². The van der Waals surface area contributed by atoms with Gasteiger partial charge in [0.1, 0.15) is 0 Å². The summed E-state index contributed by atoms with van der Waals surface area (Å²) in [5.41, 5.74) is 0.433. The fourth-order valence-corrected chi connectivity index (χ4v) is 3.01. The van der Waals surface area contributed by atoms with Crippen LogP contribution >= 0.6 is 0 Å². The van der Waals surface area contributed by atoms with Gasteiger partial charge in [0.2, 0.25) is 0 Å². The number of nitrogens with zero attached hydrogens (tertiary/aromatic N) is 1. The molecule has 2 heteroatoms. The first kappa shape index (κ1) is 10.4. The van der Waals surface area contributed by atoms with Crippen LogP contribution in [0.4, 0.5) is 0 Å². The average Bonchev–Trinajstić information content (AvgIpc) is 2.67. The maximum atomic E-state index is 3.49. The third-order valence-corrected chi connectivity index (χ3v) is 4.32. The van der Waals surface area contributed by atoms with E-state index in [9.17, 15) is 0 Å². The van der Waals surface area contributed by atoms with Crippen LogP contribution in [0.3, 0.4) is 0 Å². The number of hydrogen-bond donors (Lipinski definition) is 1. The van der Waals surface area contributed by atoms with Gasteiger partial charge in [0, 0.05) is 18.1 Å². The summed E-state index contributed by atoms with van der Waals surface area (Å²) in [7, 11) is 2.34. The molecule has 0 spiro atoms. The van der Waals surface area contributed by atoms with E-state index in [1.165, 1.54) is 51.6 Å². The van der Waals surface area contributed by atoms with Crippen molar-refractivity contribution in [2.24, 2.45) is 0 Å². The van der Waals surface area contributed by atoms with Gasteiger partial charge < -0.3 is 5.32 Å². The summed E-state index contributed by atoms with van der Waals surface area (Å²) in [4.78, 5) is 2.66. The fourth-order valence-electron chi connectivity index (χ4n) is 3.01. The highest BCUT2D eigenvalue weighted by molar-refractivity contribution is 4.95. The molecule has 1 saturated heterocycles. The first-order valence-electron chi connectivity index (χ1n) is 6.16. The number of nitrogens with one attached hydrogen (secondary N) is 1. The lowest BCUT2D eigenvalue weighted by molar-refractivity contribution is 0.0787. The van der Waals surface area contributed by atoms with E-state index in [0.717, 1.165) is 6.04 Å². The van der Waals surface area contributed by atoms with E-state index in [-0.39, 0.29) is 0 Å². The first-order valence-corrected chi connectivity index (χ1v) is 6.16. The Morgan fingerprint density at radius 1 is 1.21 bits per heavy atom. The van der Waals surface area contributed by atoms with Crippen LogP contribution in [0.1, 0.15) is 45.4 Å². The van der Waals surface area contributed by atoms with Crippen LogP contribution < -0.4 is 5.32 Å². The van der Waals surface area contributed by atoms with E-state index in [4.69, 9.17) is 0 Å². The van der Waals surface area contributed by atoms with Crippen LogP contribution in [0.5, 0.6) is 0 Å². The molecule has 0 radical (unpaired) electrons. The van der Waals surface area contributed by atoms with Gasteiger partial charge in [-0.15, -0.1) is 0 Å². The molecule has 1 N–H and O–H groups in total. The number of likely N-dealkylation sites (N-methyl/N-ethyl adjacent to an activating group) is 1. The maximum Gasteiger partial charge on any atom is 0.0317 e. The van der Waals surface area contributed by atoms with Crippen molar-refractivity contribution in [1.82, 2.24) is 10.2 Å². The zero-order chi connectivity index (χ0) is 10.0. The molecule has 14 heavy (non-hydrogen) atoms. The summed E-state index contributed by atoms with van der Waals surface area (Å²) in [6, 6.07) is 0.855. The van der Waals surface area contributed by atoms with Gasteiger partial charge in [-0.05, 0) is 39.8 Å². The predicted molar refractivity (Wildman–Crippen MR) is 60.5 cm³/mol. The first-order chi connectivity index (χ1) is 6.72. The number of rotatable bonds is 2. The minimum absolute atomic E-state index is 0.433. The van der Waals surface area contributed by atoms with Crippen LogP contribution in [0.2, 0.25) is 0 Å². The van der Waals surface area contributed by atoms with Crippen LogP contribution in [-0.2, 0) is 0 Å². The molecule has 82 valence electrons. The van der Waals surface area contributed by atoms with Crippen molar-refractivity contribution in [3.8, 4) is 0 Å². The summed E-state index contributed by atoms with van der Waals surface area (Å²) < 4.78 is 0. The molecule has 1 unspecified atom stereocenters. The predicted octanol–water partition coefficient (Wildman–Crippen LogP) is 2.00. The second-order valence-electron chi connectivity index (χ2n) is 5.33. The van der Waals surface area contributed by atoms with Gasteiger partial charge in [-0.1, -0.05) is 19.3 Å². The molecule has 2 rings (SSSR count). The molecule has 2 fully saturated rings. The van der Waals surface area contributed by atoms with Gasteiger partial charge in [-0.25, -0.2) is 0 Å². The molecular formula is C12H24N2. The maximum absolute atomic E-state index is 3.49. The van der Waals surface area contributed by atoms with Gasteiger partial charge in [0.05, 0.1) is 0 Å². The van der Waals surface area contributed by atoms with Crippen molar-refractivity contribution in [3.05, 3.63) is 0 Å². The van der Waals surface area contributed by atoms with Gasteiger partial charge in [0.15, 0.2) is 0 Å². The van der Waals surface area contributed by atoms with Gasteiger partial charge in [0.25, 0.3) is 0 Å². The summed E-state index contributed by atoms with van der Waals surface area (Å²) >= 11 is 0. The highest BCUT2D eigenvalue weighted by atomic mass is 15.2. The van der Waals surface area contributed by atoms with Gasteiger partial charge >= 0.3 is 0 Å². The second-order valence-corrected chi connectivity index (χ2v) is 5.33. The summed E-state index contributed by atoms with van der Waals surface area (Å²) in [6.07, 6.45) is 8.51. The zero-order valence-corrected chi connectivity index (χ0v) is 9.68. The Morgan fingerprint density at radius 2 is 1.93 bits per heavy atom. The quantitative estimate of drug-likeness (QED) is 0.727. The van der Waals surface area contributed by atoms with Crippen LogP contribution in [-0.4, -0.2) is 36.6 Å². The molecule has 0 aromatic heterocycles. The largest absolute Gasteiger partial charge is 0.315 e. The topological polar surface area (TPSA) is 15.3 Å². The Morgan fingerprint density at radius 3 is 2.50 bits per heavy atom. The Labute approximate surface area is 88.1 Å². The highest BCUT2D eigenvalue weighted by Crippen LogP contribution is 2.29. The Balaban J connectivity index is 1.95. The lowest BCUT2D eigenvalue weighted by atomic mass is 9.89. The van der Waals surface area contributed by atoms with E-state index >= 15 is 0 Å². The molecule has 0 bridgehead atoms. The van der Waals surface area contributed by atoms with Crippen molar-refractivity contribution in [2.75, 3.05) is 20.1 Å². The number of hydrogen-bond acceptors (Lipinski definition) is 2. The smallest absolute Gasteiger partial charge is 0.0317 e. The molecule has 1 aliphatic heterocycles. The normalized spacial score (nSPS) is 35.4.